The van der Waals surface area contributed by atoms with E-state index in [2.05, 4.69) is 36.8 Å². The van der Waals surface area contributed by atoms with Crippen LogP contribution in [0.4, 0.5) is 0 Å². The van der Waals surface area contributed by atoms with Crippen molar-refractivity contribution in [3.8, 4) is 34.2 Å². The van der Waals surface area contributed by atoms with Gasteiger partial charge in [0.25, 0.3) is 32.1 Å². The molecule has 73 heavy (non-hydrogen) atoms. The van der Waals surface area contributed by atoms with Gasteiger partial charge in [-0.15, -0.1) is 29.8 Å². The van der Waals surface area contributed by atoms with Crippen LogP contribution >= 0.6 is 0 Å². The fraction of sp³-hybridized carbons (Fsp3) is 0.209. The molecule has 23 nitrogen and oxygen atoms in total. The fourth-order valence-electron chi connectivity index (χ4n) is 6.04. The largest absolute Gasteiger partial charge is 1.00 e. The maximum Gasteiger partial charge on any atom is 1.00 e. The summed E-state index contributed by atoms with van der Waals surface area (Å²) in [5.74, 6) is -3.19. The van der Waals surface area contributed by atoms with Gasteiger partial charge in [0.1, 0.15) is 11.5 Å². The summed E-state index contributed by atoms with van der Waals surface area (Å²) < 4.78 is 119. The molecule has 378 valence electrons. The van der Waals surface area contributed by atoms with Crippen LogP contribution in [0.2, 0.25) is 0 Å². The average molecular weight is 1190 g/mol. The average Bonchev–Trinajstić information content (AvgIpc) is 3.57. The molecule has 2 N–H and O–H groups in total. The van der Waals surface area contributed by atoms with Crippen molar-refractivity contribution in [2.75, 3.05) is 0 Å². The molecule has 30 heteroatoms. The van der Waals surface area contributed by atoms with Gasteiger partial charge in [0, 0.05) is 75.4 Å². The number of hydroxylamine groups is 2. The Morgan fingerprint density at radius 3 is 1.34 bits per heavy atom. The first kappa shape index (κ1) is 66.4. The Hall–Kier alpha value is -4.65. The van der Waals surface area contributed by atoms with Crippen molar-refractivity contribution in [1.82, 2.24) is 35.0 Å². The van der Waals surface area contributed by atoms with E-state index < -0.39 is 76.0 Å². The van der Waals surface area contributed by atoms with Gasteiger partial charge in [0.05, 0.1) is 44.3 Å². The Morgan fingerprint density at radius 1 is 0.616 bits per heavy atom. The van der Waals surface area contributed by atoms with Crippen LogP contribution < -0.4 is 59.1 Å². The van der Waals surface area contributed by atoms with Gasteiger partial charge in [-0.25, -0.2) is 13.2 Å². The van der Waals surface area contributed by atoms with Gasteiger partial charge in [-0.05, 0) is 114 Å². The van der Waals surface area contributed by atoms with Gasteiger partial charge in [0.15, 0.2) is 0 Å². The molecule has 6 aromatic rings. The third-order valence-electron chi connectivity index (χ3n) is 8.91. The van der Waals surface area contributed by atoms with Gasteiger partial charge in [-0.1, -0.05) is 0 Å². The summed E-state index contributed by atoms with van der Waals surface area (Å²) >= 11 is 0. The van der Waals surface area contributed by atoms with E-state index in [1.165, 1.54) is 48.9 Å². The Bertz CT molecular complexity index is 3230. The number of nitrogens with zero attached hydrogens (tertiary/aromatic N) is 7. The van der Waals surface area contributed by atoms with E-state index in [1.54, 1.807) is 36.8 Å². The summed E-state index contributed by atoms with van der Waals surface area (Å²) in [4.78, 5) is 64.5. The molecular weight excluding hydrogens is 1150 g/mol. The molecule has 0 aliphatic carbocycles. The van der Waals surface area contributed by atoms with Gasteiger partial charge in [-0.3, -0.25) is 48.6 Å². The molecule has 0 radical (unpaired) electrons. The normalized spacial score (nSPS) is 11.8. The molecule has 0 atom stereocenters. The molecule has 1 aliphatic rings. The van der Waals surface area contributed by atoms with Gasteiger partial charge >= 0.3 is 75.7 Å². The summed E-state index contributed by atoms with van der Waals surface area (Å²) in [6.07, 6.45) is 10.7. The number of rotatable bonds is 14. The number of aromatic nitrogens is 6. The molecule has 0 spiro atoms. The predicted molar refractivity (Wildman–Crippen MR) is 245 cm³/mol. The molecule has 6 aromatic heterocycles. The molecule has 0 aromatic carbocycles. The van der Waals surface area contributed by atoms with E-state index in [-0.39, 0.29) is 103 Å². The fourth-order valence-corrected chi connectivity index (χ4v) is 7.83. The molecule has 0 unspecified atom stereocenters. The van der Waals surface area contributed by atoms with E-state index in [1.807, 2.05) is 31.2 Å². The molecule has 0 bridgehead atoms. The number of carbonyl (C=O) groups excluding carboxylic acids is 3. The van der Waals surface area contributed by atoms with Crippen molar-refractivity contribution >= 4 is 58.7 Å². The number of aryl methyl sites for hydroxylation is 2. The first-order chi connectivity index (χ1) is 32.8. The van der Waals surface area contributed by atoms with Gasteiger partial charge in [-0.2, -0.15) is 29.3 Å². The zero-order chi connectivity index (χ0) is 51.6. The number of amides is 2. The SMILES string of the molecule is Cc1ccnc(-c2cc(CCCC(=O)ON3C(=O)CCC3=O)ccn2)c1.O=S(=O)([O-])Cc1ccnc(-c2cc(CS(=O)(=O)O)ccn2)c1.O=S(=O)=O.[CH2-]c1ccnc(-c2cc(CS(=O)(=O)O)ccn2)c1.[Na+].[Na+].[Ru]. The molecule has 7 heterocycles. The molecule has 1 fully saturated rings. The van der Waals surface area contributed by atoms with E-state index in [4.69, 9.17) is 26.6 Å². The molecule has 0 saturated carbocycles. The van der Waals surface area contributed by atoms with Crippen LogP contribution in [-0.2, 0) is 103 Å². The standard InChI is InChI=1S/C19H19N3O4.C12H12N2O6S2.C12H11N2O3S.2Na.O3S.Ru/c1-13-7-9-20-15(11-13)16-12-14(8-10-21-16)3-2-4-19(25)26-22-17(23)5-6-18(22)24;15-21(16,17)7-9-1-3-13-11(5-9)12-6-10(2-4-14-12)8-22(18,19)20;1-9-2-4-13-11(6-9)12-7-10(3-5-14-12)8-18(15,16)17;;;1-4(2)3;/h7-12H,2-6H2,1H3;1-6H,7-8H2,(H,15,16,17)(H,18,19,20);2-7H,1,8H2,(H,15,16,17);;;;/q;;-1;2*+1;;/p-1. The zero-order valence-corrected chi connectivity index (χ0v) is 48.0. The van der Waals surface area contributed by atoms with Crippen LogP contribution in [0.15, 0.2) is 110 Å². The summed E-state index contributed by atoms with van der Waals surface area (Å²) in [5.41, 5.74) is 7.26. The summed E-state index contributed by atoms with van der Waals surface area (Å²) in [6, 6.07) is 19.9. The van der Waals surface area contributed by atoms with Crippen molar-refractivity contribution in [2.45, 2.75) is 56.3 Å². The van der Waals surface area contributed by atoms with E-state index in [0.29, 0.717) is 51.8 Å². The molecule has 1 saturated heterocycles. The zero-order valence-electron chi connectivity index (χ0n) is 39.0. The number of hydrogen-bond donors (Lipinski definition) is 2. The van der Waals surface area contributed by atoms with Crippen molar-refractivity contribution < 1.29 is 149 Å². The Kier molecular flexibility index (Phi) is 28.4. The monoisotopic (exact) mass is 1190 g/mol. The predicted octanol–water partition coefficient (Wildman–Crippen LogP) is -2.33. The number of pyridine rings is 6. The van der Waals surface area contributed by atoms with Crippen molar-refractivity contribution in [1.29, 1.82) is 0 Å². The van der Waals surface area contributed by atoms with Crippen LogP contribution in [0, 0.1) is 13.8 Å². The van der Waals surface area contributed by atoms with Crippen molar-refractivity contribution in [3.63, 3.8) is 0 Å². The summed E-state index contributed by atoms with van der Waals surface area (Å²) in [6.45, 7) is 5.78. The summed E-state index contributed by atoms with van der Waals surface area (Å²) in [5, 5.41) is 0.580. The van der Waals surface area contributed by atoms with Crippen LogP contribution in [0.1, 0.15) is 59.1 Å². The van der Waals surface area contributed by atoms with Crippen LogP contribution in [0.25, 0.3) is 34.2 Å². The third kappa shape index (κ3) is 25.9. The molecule has 1 aliphatic heterocycles. The Balaban J connectivity index is 0.000000524. The van der Waals surface area contributed by atoms with Crippen molar-refractivity contribution in [3.05, 3.63) is 150 Å². The Morgan fingerprint density at radius 2 is 0.959 bits per heavy atom. The quantitative estimate of drug-likeness (QED) is 0.0500. The third-order valence-corrected chi connectivity index (χ3v) is 11.0. The van der Waals surface area contributed by atoms with Gasteiger partial charge in [0.2, 0.25) is 0 Å². The number of imide groups is 1. The molecular formula is C43H41N7Na2O16RuS4. The number of carbonyl (C=O) groups is 3. The second-order valence-corrected chi connectivity index (χ2v) is 19.4. The minimum atomic E-state index is -4.42. The van der Waals surface area contributed by atoms with Crippen LogP contribution in [-0.4, -0.2) is 104 Å². The van der Waals surface area contributed by atoms with Crippen LogP contribution in [0.3, 0.4) is 0 Å². The summed E-state index contributed by atoms with van der Waals surface area (Å²) in [7, 11) is -15.8. The van der Waals surface area contributed by atoms with Crippen LogP contribution in [0.5, 0.6) is 0 Å². The Labute approximate surface area is 479 Å². The van der Waals surface area contributed by atoms with E-state index >= 15 is 0 Å². The second-order valence-electron chi connectivity index (χ2n) is 14.7. The minimum Gasteiger partial charge on any atom is -0.748 e. The smallest absolute Gasteiger partial charge is 0.748 e. The van der Waals surface area contributed by atoms with E-state index in [0.717, 1.165) is 28.1 Å². The van der Waals surface area contributed by atoms with E-state index in [9.17, 15) is 44.2 Å². The maximum atomic E-state index is 11.8. The first-order valence-corrected chi connectivity index (χ1v) is 25.8. The molecule has 2 amide bonds. The minimum absolute atomic E-state index is 0. The second kappa shape index (κ2) is 31.3. The topological polar surface area (TPSA) is 358 Å². The maximum absolute atomic E-state index is 11.8. The van der Waals surface area contributed by atoms with Crippen molar-refractivity contribution in [2.24, 2.45) is 0 Å². The molecule has 7 rings (SSSR count). The first-order valence-electron chi connectivity index (χ1n) is 20.0. The van der Waals surface area contributed by atoms with Gasteiger partial charge < -0.3 is 9.39 Å². The number of hydrogen-bond acceptors (Lipinski definition) is 20.